The normalized spacial score (nSPS) is 10.2. The van der Waals surface area contributed by atoms with Crippen LogP contribution in [-0.4, -0.2) is 21.0 Å². The van der Waals surface area contributed by atoms with Gasteiger partial charge in [-0.05, 0) is 12.1 Å². The third-order valence-corrected chi connectivity index (χ3v) is 2.62. The summed E-state index contributed by atoms with van der Waals surface area (Å²) in [6.45, 7) is 0. The van der Waals surface area contributed by atoms with E-state index in [1.807, 2.05) is 24.3 Å². The molecule has 5 nitrogen and oxygen atoms in total. The van der Waals surface area contributed by atoms with E-state index in [1.165, 1.54) is 6.20 Å². The monoisotopic (exact) mass is 293 g/mol. The molecule has 0 aliphatic heterocycles. The number of nitrogens with two attached hydrogens (primary N) is 1. The molecule has 1 aromatic heterocycles. The van der Waals surface area contributed by atoms with Crippen LogP contribution < -0.4 is 5.73 Å². The van der Waals surface area contributed by atoms with Crippen molar-refractivity contribution in [3.05, 3.63) is 40.6 Å². The minimum atomic E-state index is -1.19. The summed E-state index contributed by atoms with van der Waals surface area (Å²) in [6, 6.07) is 7.34. The van der Waals surface area contributed by atoms with Crippen molar-refractivity contribution in [3.63, 3.8) is 0 Å². The zero-order valence-corrected chi connectivity index (χ0v) is 10.2. The minimum Gasteiger partial charge on any atom is -0.476 e. The fourth-order valence-electron chi connectivity index (χ4n) is 1.34. The minimum absolute atomic E-state index is 0.0868. The smallest absolute Gasteiger partial charge is 0.358 e. The van der Waals surface area contributed by atoms with E-state index in [4.69, 9.17) is 10.8 Å². The molecule has 0 spiro atoms. The molecule has 0 fully saturated rings. The number of halogens is 1. The maximum Gasteiger partial charge on any atom is 0.358 e. The number of carboxylic acids is 1. The van der Waals surface area contributed by atoms with Crippen LogP contribution in [0.2, 0.25) is 0 Å². The van der Waals surface area contributed by atoms with E-state index < -0.39 is 5.97 Å². The highest BCUT2D eigenvalue weighted by atomic mass is 79.9. The lowest BCUT2D eigenvalue weighted by Gasteiger charge is -2.04. The number of rotatable bonds is 2. The highest BCUT2D eigenvalue weighted by Gasteiger charge is 2.12. The molecule has 0 aliphatic rings. The first kappa shape index (κ1) is 11.5. The molecule has 3 N–H and O–H groups in total. The first-order valence-corrected chi connectivity index (χ1v) is 5.49. The number of nitrogens with zero attached hydrogens (tertiary/aromatic N) is 2. The molecule has 1 heterocycles. The van der Waals surface area contributed by atoms with Crippen LogP contribution in [0.5, 0.6) is 0 Å². The zero-order valence-electron chi connectivity index (χ0n) is 8.59. The van der Waals surface area contributed by atoms with Crippen LogP contribution in [0.25, 0.3) is 11.3 Å². The van der Waals surface area contributed by atoms with E-state index in [0.29, 0.717) is 5.69 Å². The molecular weight excluding hydrogens is 286 g/mol. The Morgan fingerprint density at radius 1 is 1.41 bits per heavy atom. The molecule has 86 valence electrons. The molecule has 0 bridgehead atoms. The lowest BCUT2D eigenvalue weighted by atomic mass is 10.1. The first-order valence-electron chi connectivity index (χ1n) is 4.69. The molecule has 0 amide bonds. The van der Waals surface area contributed by atoms with E-state index >= 15 is 0 Å². The number of anilines is 1. The fraction of sp³-hybridized carbons (Fsp3) is 0. The van der Waals surface area contributed by atoms with Crippen LogP contribution in [-0.2, 0) is 0 Å². The van der Waals surface area contributed by atoms with Gasteiger partial charge in [0, 0.05) is 10.0 Å². The molecule has 17 heavy (non-hydrogen) atoms. The van der Waals surface area contributed by atoms with Gasteiger partial charge >= 0.3 is 5.97 Å². The largest absolute Gasteiger partial charge is 0.476 e. The Morgan fingerprint density at radius 3 is 2.82 bits per heavy atom. The highest BCUT2D eigenvalue weighted by Crippen LogP contribution is 2.21. The Labute approximate surface area is 105 Å². The second-order valence-electron chi connectivity index (χ2n) is 3.30. The van der Waals surface area contributed by atoms with Gasteiger partial charge in [-0.2, -0.15) is 0 Å². The van der Waals surface area contributed by atoms with Gasteiger partial charge in [0.15, 0.2) is 11.5 Å². The molecule has 2 rings (SSSR count). The van der Waals surface area contributed by atoms with Crippen molar-refractivity contribution in [2.24, 2.45) is 0 Å². The van der Waals surface area contributed by atoms with Gasteiger partial charge < -0.3 is 10.8 Å². The Hall–Kier alpha value is -1.95. The molecule has 0 unspecified atom stereocenters. The Kier molecular flexibility index (Phi) is 3.06. The molecule has 0 saturated heterocycles. The molecule has 6 heteroatoms. The van der Waals surface area contributed by atoms with Crippen LogP contribution in [0.3, 0.4) is 0 Å². The van der Waals surface area contributed by atoms with Gasteiger partial charge in [0.05, 0.1) is 11.9 Å². The van der Waals surface area contributed by atoms with Gasteiger partial charge in [0.1, 0.15) is 0 Å². The second-order valence-corrected chi connectivity index (χ2v) is 4.22. The topological polar surface area (TPSA) is 89.1 Å². The zero-order chi connectivity index (χ0) is 12.4. The van der Waals surface area contributed by atoms with E-state index in [0.717, 1.165) is 10.0 Å². The number of aromatic nitrogens is 2. The molecule has 2 aromatic rings. The summed E-state index contributed by atoms with van der Waals surface area (Å²) in [7, 11) is 0. The number of carbonyl (C=O) groups is 1. The summed E-state index contributed by atoms with van der Waals surface area (Å²) < 4.78 is 0.880. The highest BCUT2D eigenvalue weighted by molar-refractivity contribution is 9.10. The summed E-state index contributed by atoms with van der Waals surface area (Å²) >= 11 is 3.33. The Balaban J connectivity index is 2.54. The predicted molar refractivity (Wildman–Crippen MR) is 66.5 cm³/mol. The maximum absolute atomic E-state index is 10.9. The fourth-order valence-corrected chi connectivity index (χ4v) is 1.74. The van der Waals surface area contributed by atoms with Crippen molar-refractivity contribution in [2.75, 3.05) is 5.73 Å². The summed E-state index contributed by atoms with van der Waals surface area (Å²) in [4.78, 5) is 18.7. The summed E-state index contributed by atoms with van der Waals surface area (Å²) in [5.41, 5.74) is 6.44. The van der Waals surface area contributed by atoms with E-state index in [-0.39, 0.29) is 11.5 Å². The number of aromatic carboxylic acids is 1. The van der Waals surface area contributed by atoms with Gasteiger partial charge in [-0.15, -0.1) is 0 Å². The lowest BCUT2D eigenvalue weighted by molar-refractivity contribution is 0.0691. The standard InChI is InChI=1S/C11H8BrN3O2/c12-7-3-1-2-6(4-7)8-5-14-10(13)9(15-8)11(16)17/h1-5H,(H2,13,14)(H,16,17). The van der Waals surface area contributed by atoms with Crippen molar-refractivity contribution < 1.29 is 9.90 Å². The number of hydrogen-bond acceptors (Lipinski definition) is 4. The Morgan fingerprint density at radius 2 is 2.18 bits per heavy atom. The van der Waals surface area contributed by atoms with Gasteiger partial charge in [-0.25, -0.2) is 14.8 Å². The van der Waals surface area contributed by atoms with Gasteiger partial charge in [0.2, 0.25) is 0 Å². The molecule has 0 atom stereocenters. The van der Waals surface area contributed by atoms with Crippen LogP contribution in [0.15, 0.2) is 34.9 Å². The lowest BCUT2D eigenvalue weighted by Crippen LogP contribution is -2.08. The number of hydrogen-bond donors (Lipinski definition) is 2. The SMILES string of the molecule is Nc1ncc(-c2cccc(Br)c2)nc1C(=O)O. The quantitative estimate of drug-likeness (QED) is 0.886. The maximum atomic E-state index is 10.9. The van der Waals surface area contributed by atoms with E-state index in [1.54, 1.807) is 0 Å². The van der Waals surface area contributed by atoms with Crippen LogP contribution in [0.1, 0.15) is 10.5 Å². The number of benzene rings is 1. The Bertz CT molecular complexity index is 587. The predicted octanol–water partition coefficient (Wildman–Crippen LogP) is 2.19. The third kappa shape index (κ3) is 2.42. The van der Waals surface area contributed by atoms with Crippen molar-refractivity contribution in [3.8, 4) is 11.3 Å². The molecular formula is C11H8BrN3O2. The van der Waals surface area contributed by atoms with Gasteiger partial charge in [-0.3, -0.25) is 0 Å². The number of carboxylic acid groups (broad SMARTS) is 1. The van der Waals surface area contributed by atoms with Crippen molar-refractivity contribution in [1.29, 1.82) is 0 Å². The van der Waals surface area contributed by atoms with Crippen LogP contribution >= 0.6 is 15.9 Å². The van der Waals surface area contributed by atoms with Crippen molar-refractivity contribution in [1.82, 2.24) is 9.97 Å². The van der Waals surface area contributed by atoms with E-state index in [2.05, 4.69) is 25.9 Å². The third-order valence-electron chi connectivity index (χ3n) is 2.12. The van der Waals surface area contributed by atoms with Crippen LogP contribution in [0.4, 0.5) is 5.82 Å². The molecule has 0 radical (unpaired) electrons. The molecule has 0 aliphatic carbocycles. The summed E-state index contributed by atoms with van der Waals surface area (Å²) in [5, 5.41) is 8.90. The molecule has 0 saturated carbocycles. The summed E-state index contributed by atoms with van der Waals surface area (Å²) in [5.74, 6) is -1.27. The number of nitrogen functional groups attached to an aromatic ring is 1. The van der Waals surface area contributed by atoms with E-state index in [9.17, 15) is 4.79 Å². The second kappa shape index (κ2) is 4.50. The van der Waals surface area contributed by atoms with Gasteiger partial charge in [-0.1, -0.05) is 28.1 Å². The average molecular weight is 294 g/mol. The van der Waals surface area contributed by atoms with Gasteiger partial charge in [0.25, 0.3) is 0 Å². The summed E-state index contributed by atoms with van der Waals surface area (Å²) in [6.07, 6.45) is 1.45. The molecule has 1 aromatic carbocycles. The van der Waals surface area contributed by atoms with Crippen molar-refractivity contribution in [2.45, 2.75) is 0 Å². The van der Waals surface area contributed by atoms with Crippen LogP contribution in [0, 0.1) is 0 Å². The average Bonchev–Trinajstić information content (AvgIpc) is 2.29. The van der Waals surface area contributed by atoms with Crippen molar-refractivity contribution >= 4 is 27.7 Å². The first-order chi connectivity index (χ1) is 8.08.